The number of fused-ring (bicyclic) bond motifs is 1. The van der Waals surface area contributed by atoms with Crippen LogP contribution < -0.4 is 10.5 Å². The van der Waals surface area contributed by atoms with Gasteiger partial charge in [-0.05, 0) is 23.6 Å². The molecule has 0 bridgehead atoms. The molecular formula is C12H9N3OS. The van der Waals surface area contributed by atoms with Crippen molar-refractivity contribution in [2.24, 2.45) is 0 Å². The van der Waals surface area contributed by atoms with Gasteiger partial charge in [-0.25, -0.2) is 4.98 Å². The zero-order valence-electron chi connectivity index (χ0n) is 8.83. The van der Waals surface area contributed by atoms with E-state index < -0.39 is 0 Å². The lowest BCUT2D eigenvalue weighted by Crippen LogP contribution is -1.97. The zero-order valence-corrected chi connectivity index (χ0v) is 9.65. The maximum atomic E-state index is 5.71. The Morgan fingerprint density at radius 2 is 1.88 bits per heavy atom. The van der Waals surface area contributed by atoms with E-state index in [9.17, 15) is 0 Å². The van der Waals surface area contributed by atoms with Crippen molar-refractivity contribution in [2.45, 2.75) is 0 Å². The Labute approximate surface area is 102 Å². The first-order chi connectivity index (χ1) is 8.33. The summed E-state index contributed by atoms with van der Waals surface area (Å²) in [5, 5.41) is 2.82. The molecule has 84 valence electrons. The molecule has 2 heterocycles. The van der Waals surface area contributed by atoms with E-state index in [0.29, 0.717) is 5.88 Å². The minimum atomic E-state index is 0.228. The van der Waals surface area contributed by atoms with Gasteiger partial charge in [0.1, 0.15) is 10.6 Å². The van der Waals surface area contributed by atoms with Crippen LogP contribution in [0, 0.1) is 0 Å². The molecule has 4 nitrogen and oxygen atoms in total. The number of nitrogen functional groups attached to an aromatic ring is 1. The second-order valence-corrected chi connectivity index (χ2v) is 4.34. The number of nitrogens with two attached hydrogens (primary N) is 1. The normalized spacial score (nSPS) is 10.6. The van der Waals surface area contributed by atoms with Crippen molar-refractivity contribution in [3.05, 3.63) is 41.8 Å². The largest absolute Gasteiger partial charge is 0.438 e. The van der Waals surface area contributed by atoms with Crippen molar-refractivity contribution in [3.8, 4) is 11.6 Å². The number of hydrogen-bond donors (Lipinski definition) is 1. The fraction of sp³-hybridized carbons (Fsp3) is 0. The standard InChI is InChI=1S/C12H9N3OS/c13-12-14-10(9-6-7-17-11(9)15-12)16-8-4-2-1-3-5-8/h1-7H,(H2,13,14,15). The molecule has 0 amide bonds. The van der Waals surface area contributed by atoms with E-state index in [1.807, 2.05) is 41.8 Å². The Morgan fingerprint density at radius 1 is 1.06 bits per heavy atom. The third-order valence-corrected chi connectivity index (χ3v) is 3.07. The van der Waals surface area contributed by atoms with Gasteiger partial charge in [0.2, 0.25) is 11.8 Å². The minimum Gasteiger partial charge on any atom is -0.438 e. The molecule has 17 heavy (non-hydrogen) atoms. The highest BCUT2D eigenvalue weighted by Crippen LogP contribution is 2.30. The van der Waals surface area contributed by atoms with Crippen LogP contribution in [-0.2, 0) is 0 Å². The number of ether oxygens (including phenoxy) is 1. The first kappa shape index (κ1) is 10.0. The van der Waals surface area contributed by atoms with Gasteiger partial charge in [-0.15, -0.1) is 11.3 Å². The number of rotatable bonds is 2. The maximum absolute atomic E-state index is 5.71. The first-order valence-corrected chi connectivity index (χ1v) is 5.94. The molecule has 0 saturated heterocycles. The quantitative estimate of drug-likeness (QED) is 0.751. The topological polar surface area (TPSA) is 61.0 Å². The average Bonchev–Trinajstić information content (AvgIpc) is 2.78. The summed E-state index contributed by atoms with van der Waals surface area (Å²) in [6.45, 7) is 0. The van der Waals surface area contributed by atoms with Crippen LogP contribution in [0.2, 0.25) is 0 Å². The molecule has 5 heteroatoms. The summed E-state index contributed by atoms with van der Waals surface area (Å²) < 4.78 is 5.71. The van der Waals surface area contributed by atoms with E-state index in [0.717, 1.165) is 16.0 Å². The maximum Gasteiger partial charge on any atom is 0.232 e. The molecule has 3 aromatic rings. The fourth-order valence-corrected chi connectivity index (χ4v) is 2.28. The minimum absolute atomic E-state index is 0.228. The van der Waals surface area contributed by atoms with Crippen LogP contribution in [0.25, 0.3) is 10.2 Å². The summed E-state index contributed by atoms with van der Waals surface area (Å²) in [5.74, 6) is 1.46. The molecule has 0 aliphatic heterocycles. The summed E-state index contributed by atoms with van der Waals surface area (Å²) in [4.78, 5) is 9.10. The summed E-state index contributed by atoms with van der Waals surface area (Å²) >= 11 is 1.52. The van der Waals surface area contributed by atoms with Crippen molar-refractivity contribution in [2.75, 3.05) is 5.73 Å². The Hall–Kier alpha value is -2.14. The predicted octanol–water partition coefficient (Wildman–Crippen LogP) is 3.07. The van der Waals surface area contributed by atoms with Gasteiger partial charge in [-0.2, -0.15) is 4.98 Å². The molecule has 0 spiro atoms. The lowest BCUT2D eigenvalue weighted by Gasteiger charge is -2.05. The van der Waals surface area contributed by atoms with Crippen molar-refractivity contribution >= 4 is 27.5 Å². The molecule has 0 fully saturated rings. The highest BCUT2D eigenvalue weighted by atomic mass is 32.1. The SMILES string of the molecule is Nc1nc(Oc2ccccc2)c2ccsc2n1. The predicted molar refractivity (Wildman–Crippen MR) is 68.3 cm³/mol. The van der Waals surface area contributed by atoms with Crippen LogP contribution in [-0.4, -0.2) is 9.97 Å². The van der Waals surface area contributed by atoms with Gasteiger partial charge < -0.3 is 10.5 Å². The molecule has 0 unspecified atom stereocenters. The van der Waals surface area contributed by atoms with Crippen molar-refractivity contribution in [1.82, 2.24) is 9.97 Å². The van der Waals surface area contributed by atoms with Crippen LogP contribution in [0.5, 0.6) is 11.6 Å². The van der Waals surface area contributed by atoms with E-state index in [-0.39, 0.29) is 5.95 Å². The number of thiophene rings is 1. The Bertz CT molecular complexity index is 651. The highest BCUT2D eigenvalue weighted by Gasteiger charge is 2.09. The van der Waals surface area contributed by atoms with Gasteiger partial charge in [0.15, 0.2) is 0 Å². The monoisotopic (exact) mass is 243 g/mol. The van der Waals surface area contributed by atoms with E-state index in [2.05, 4.69) is 9.97 Å². The Morgan fingerprint density at radius 3 is 2.71 bits per heavy atom. The summed E-state index contributed by atoms with van der Waals surface area (Å²) in [5.41, 5.74) is 5.64. The fourth-order valence-electron chi connectivity index (χ4n) is 1.52. The summed E-state index contributed by atoms with van der Waals surface area (Å²) in [6, 6.07) is 11.4. The Kier molecular flexibility index (Phi) is 2.38. The third kappa shape index (κ3) is 1.92. The first-order valence-electron chi connectivity index (χ1n) is 5.06. The van der Waals surface area contributed by atoms with E-state index >= 15 is 0 Å². The molecular weight excluding hydrogens is 234 g/mol. The number of aromatic nitrogens is 2. The molecule has 3 rings (SSSR count). The summed E-state index contributed by atoms with van der Waals surface area (Å²) in [6.07, 6.45) is 0. The number of nitrogens with zero attached hydrogens (tertiary/aromatic N) is 2. The van der Waals surface area contributed by atoms with E-state index in [1.54, 1.807) is 0 Å². The van der Waals surface area contributed by atoms with Gasteiger partial charge in [0.25, 0.3) is 0 Å². The van der Waals surface area contributed by atoms with Crippen LogP contribution >= 0.6 is 11.3 Å². The number of para-hydroxylation sites is 1. The molecule has 0 saturated carbocycles. The third-order valence-electron chi connectivity index (χ3n) is 2.27. The van der Waals surface area contributed by atoms with Gasteiger partial charge in [-0.3, -0.25) is 0 Å². The molecule has 0 atom stereocenters. The lowest BCUT2D eigenvalue weighted by molar-refractivity contribution is 0.469. The molecule has 0 aliphatic carbocycles. The van der Waals surface area contributed by atoms with Crippen LogP contribution in [0.1, 0.15) is 0 Å². The van der Waals surface area contributed by atoms with Gasteiger partial charge in [0, 0.05) is 0 Å². The smallest absolute Gasteiger partial charge is 0.232 e. The molecule has 0 aliphatic rings. The molecule has 2 aromatic heterocycles. The second-order valence-electron chi connectivity index (χ2n) is 3.44. The molecule has 0 radical (unpaired) electrons. The highest BCUT2D eigenvalue weighted by molar-refractivity contribution is 7.16. The van der Waals surface area contributed by atoms with Crippen molar-refractivity contribution in [3.63, 3.8) is 0 Å². The Balaban J connectivity index is 2.08. The summed E-state index contributed by atoms with van der Waals surface area (Å²) in [7, 11) is 0. The lowest BCUT2D eigenvalue weighted by atomic mass is 10.3. The number of anilines is 1. The van der Waals surface area contributed by atoms with Gasteiger partial charge in [0.05, 0.1) is 5.39 Å². The van der Waals surface area contributed by atoms with Crippen molar-refractivity contribution < 1.29 is 4.74 Å². The zero-order chi connectivity index (χ0) is 11.7. The molecule has 2 N–H and O–H groups in total. The van der Waals surface area contributed by atoms with Crippen molar-refractivity contribution in [1.29, 1.82) is 0 Å². The van der Waals surface area contributed by atoms with E-state index in [4.69, 9.17) is 10.5 Å². The molecule has 1 aromatic carbocycles. The van der Waals surface area contributed by atoms with Crippen LogP contribution in [0.3, 0.4) is 0 Å². The van der Waals surface area contributed by atoms with Crippen LogP contribution in [0.15, 0.2) is 41.8 Å². The number of hydrogen-bond acceptors (Lipinski definition) is 5. The second kappa shape index (κ2) is 4.03. The van der Waals surface area contributed by atoms with Crippen LogP contribution in [0.4, 0.5) is 5.95 Å². The number of benzene rings is 1. The van der Waals surface area contributed by atoms with Gasteiger partial charge in [-0.1, -0.05) is 18.2 Å². The van der Waals surface area contributed by atoms with E-state index in [1.165, 1.54) is 11.3 Å². The average molecular weight is 243 g/mol. The van der Waals surface area contributed by atoms with Gasteiger partial charge >= 0.3 is 0 Å².